The number of nitriles is 1. The molecule has 0 radical (unpaired) electrons. The van der Waals surface area contributed by atoms with Crippen molar-refractivity contribution < 1.29 is 9.90 Å². The Bertz CT molecular complexity index is 763. The minimum Gasteiger partial charge on any atom is -0.478 e. The highest BCUT2D eigenvalue weighted by Crippen LogP contribution is 2.23. The van der Waals surface area contributed by atoms with Crippen LogP contribution in [0.5, 0.6) is 0 Å². The van der Waals surface area contributed by atoms with Crippen LogP contribution in [0.25, 0.3) is 0 Å². The number of hydrogen-bond acceptors (Lipinski definition) is 5. The molecule has 0 saturated carbocycles. The number of aryl methyl sites for hydroxylation is 2. The van der Waals surface area contributed by atoms with Gasteiger partial charge in [-0.2, -0.15) is 10.4 Å². The van der Waals surface area contributed by atoms with E-state index in [2.05, 4.69) is 21.6 Å². The average Bonchev–Trinajstić information content (AvgIpc) is 2.45. The van der Waals surface area contributed by atoms with Gasteiger partial charge in [0.15, 0.2) is 5.82 Å². The van der Waals surface area contributed by atoms with Crippen LogP contribution in [0.15, 0.2) is 18.2 Å². The van der Waals surface area contributed by atoms with Gasteiger partial charge < -0.3 is 10.4 Å². The zero-order chi connectivity index (χ0) is 15.6. The summed E-state index contributed by atoms with van der Waals surface area (Å²) in [5.74, 6) is -0.677. The monoisotopic (exact) mass is 282 g/mol. The molecule has 6 heteroatoms. The van der Waals surface area contributed by atoms with E-state index in [-0.39, 0.29) is 5.56 Å². The lowest BCUT2D eigenvalue weighted by Gasteiger charge is -2.11. The van der Waals surface area contributed by atoms with Gasteiger partial charge in [-0.1, -0.05) is 6.07 Å². The van der Waals surface area contributed by atoms with Crippen molar-refractivity contribution in [2.45, 2.75) is 20.8 Å². The first-order chi connectivity index (χ1) is 9.93. The van der Waals surface area contributed by atoms with Gasteiger partial charge in [-0.15, -0.1) is 5.10 Å². The standard InChI is InChI=1S/C15H14N4O2/c1-8-4-5-11(6-12(8)15(20)21)17-14-13(7-16)9(2)10(3)18-19-14/h4-6H,1-3H3,(H,17,19)(H,20,21). The minimum absolute atomic E-state index is 0.204. The van der Waals surface area contributed by atoms with Gasteiger partial charge in [0.25, 0.3) is 0 Å². The Balaban J connectivity index is 2.44. The molecule has 2 rings (SSSR count). The second kappa shape index (κ2) is 5.59. The molecule has 0 aliphatic rings. The first-order valence-electron chi connectivity index (χ1n) is 6.29. The van der Waals surface area contributed by atoms with Gasteiger partial charge in [0.1, 0.15) is 11.6 Å². The highest BCUT2D eigenvalue weighted by atomic mass is 16.4. The number of nitrogens with zero attached hydrogens (tertiary/aromatic N) is 3. The Morgan fingerprint density at radius 2 is 2.00 bits per heavy atom. The van der Waals surface area contributed by atoms with Crippen LogP contribution in [-0.2, 0) is 0 Å². The van der Waals surface area contributed by atoms with E-state index in [0.717, 1.165) is 5.56 Å². The van der Waals surface area contributed by atoms with Gasteiger partial charge in [-0.05, 0) is 44.0 Å². The predicted octanol–water partition coefficient (Wildman–Crippen LogP) is 2.72. The molecule has 1 aromatic heterocycles. The van der Waals surface area contributed by atoms with Crippen molar-refractivity contribution in [1.29, 1.82) is 5.26 Å². The summed E-state index contributed by atoms with van der Waals surface area (Å²) in [5.41, 5.74) is 3.26. The number of hydrogen-bond donors (Lipinski definition) is 2. The molecular weight excluding hydrogens is 268 g/mol. The Hall–Kier alpha value is -2.94. The molecule has 0 spiro atoms. The maximum atomic E-state index is 11.1. The summed E-state index contributed by atoms with van der Waals surface area (Å²) in [5, 5.41) is 29.3. The molecule has 0 unspecified atom stereocenters. The number of rotatable bonds is 3. The molecule has 106 valence electrons. The number of benzene rings is 1. The maximum absolute atomic E-state index is 11.1. The fourth-order valence-electron chi connectivity index (χ4n) is 1.90. The number of aromatic carboxylic acids is 1. The van der Waals surface area contributed by atoms with E-state index in [1.54, 1.807) is 32.9 Å². The average molecular weight is 282 g/mol. The number of aromatic nitrogens is 2. The largest absolute Gasteiger partial charge is 0.478 e. The summed E-state index contributed by atoms with van der Waals surface area (Å²) >= 11 is 0. The number of anilines is 2. The van der Waals surface area contributed by atoms with E-state index in [9.17, 15) is 10.1 Å². The first-order valence-corrected chi connectivity index (χ1v) is 6.29. The van der Waals surface area contributed by atoms with E-state index < -0.39 is 5.97 Å². The molecule has 0 fully saturated rings. The van der Waals surface area contributed by atoms with E-state index in [0.29, 0.717) is 28.3 Å². The molecule has 1 aromatic carbocycles. The molecule has 0 aliphatic carbocycles. The third-order valence-electron chi connectivity index (χ3n) is 3.30. The second-order valence-electron chi connectivity index (χ2n) is 4.71. The number of carboxylic acid groups (broad SMARTS) is 1. The van der Waals surface area contributed by atoms with Crippen molar-refractivity contribution in [2.24, 2.45) is 0 Å². The van der Waals surface area contributed by atoms with E-state index in [1.807, 2.05) is 0 Å². The molecule has 1 heterocycles. The Morgan fingerprint density at radius 3 is 2.62 bits per heavy atom. The third-order valence-corrected chi connectivity index (χ3v) is 3.30. The molecule has 0 atom stereocenters. The van der Waals surface area contributed by atoms with Gasteiger partial charge in [0, 0.05) is 5.69 Å². The Kier molecular flexibility index (Phi) is 3.85. The van der Waals surface area contributed by atoms with Gasteiger partial charge in [0.2, 0.25) is 0 Å². The topological polar surface area (TPSA) is 98.9 Å². The van der Waals surface area contributed by atoms with Crippen molar-refractivity contribution in [1.82, 2.24) is 10.2 Å². The lowest BCUT2D eigenvalue weighted by atomic mass is 10.1. The van der Waals surface area contributed by atoms with E-state index in [1.165, 1.54) is 6.07 Å². The summed E-state index contributed by atoms with van der Waals surface area (Å²) < 4.78 is 0. The zero-order valence-electron chi connectivity index (χ0n) is 11.9. The third kappa shape index (κ3) is 2.82. The smallest absolute Gasteiger partial charge is 0.336 e. The van der Waals surface area contributed by atoms with Gasteiger partial charge >= 0.3 is 5.97 Å². The first kappa shape index (κ1) is 14.5. The Morgan fingerprint density at radius 1 is 1.29 bits per heavy atom. The summed E-state index contributed by atoms with van der Waals surface area (Å²) in [7, 11) is 0. The van der Waals surface area contributed by atoms with Gasteiger partial charge in [-0.3, -0.25) is 0 Å². The summed E-state index contributed by atoms with van der Waals surface area (Å²) in [6.45, 7) is 5.30. The number of carboxylic acids is 1. The van der Waals surface area contributed by atoms with Crippen LogP contribution < -0.4 is 5.32 Å². The maximum Gasteiger partial charge on any atom is 0.336 e. The van der Waals surface area contributed by atoms with Crippen LogP contribution in [-0.4, -0.2) is 21.3 Å². The molecule has 2 N–H and O–H groups in total. The van der Waals surface area contributed by atoms with Crippen LogP contribution >= 0.6 is 0 Å². The highest BCUT2D eigenvalue weighted by molar-refractivity contribution is 5.90. The Labute approximate surface area is 122 Å². The minimum atomic E-state index is -0.997. The molecule has 0 aliphatic heterocycles. The molecule has 0 amide bonds. The fraction of sp³-hybridized carbons (Fsp3) is 0.200. The van der Waals surface area contributed by atoms with Crippen LogP contribution in [0, 0.1) is 32.1 Å². The highest BCUT2D eigenvalue weighted by Gasteiger charge is 2.13. The fourth-order valence-corrected chi connectivity index (χ4v) is 1.90. The molecule has 0 bridgehead atoms. The van der Waals surface area contributed by atoms with E-state index in [4.69, 9.17) is 5.11 Å². The van der Waals surface area contributed by atoms with Crippen molar-refractivity contribution in [3.8, 4) is 6.07 Å². The van der Waals surface area contributed by atoms with E-state index >= 15 is 0 Å². The molecule has 2 aromatic rings. The van der Waals surface area contributed by atoms with Gasteiger partial charge in [0.05, 0.1) is 11.3 Å². The van der Waals surface area contributed by atoms with Gasteiger partial charge in [-0.25, -0.2) is 4.79 Å². The van der Waals surface area contributed by atoms with Crippen LogP contribution in [0.4, 0.5) is 11.5 Å². The van der Waals surface area contributed by atoms with Crippen molar-refractivity contribution in [3.05, 3.63) is 46.1 Å². The normalized spacial score (nSPS) is 10.0. The molecule has 0 saturated heterocycles. The summed E-state index contributed by atoms with van der Waals surface area (Å²) in [4.78, 5) is 11.1. The lowest BCUT2D eigenvalue weighted by molar-refractivity contribution is 0.0696. The number of carbonyl (C=O) groups is 1. The predicted molar refractivity (Wildman–Crippen MR) is 77.6 cm³/mol. The number of nitrogens with one attached hydrogen (secondary N) is 1. The van der Waals surface area contributed by atoms with Crippen LogP contribution in [0.2, 0.25) is 0 Å². The SMILES string of the molecule is Cc1ccc(Nc2nnc(C)c(C)c2C#N)cc1C(=O)O. The quantitative estimate of drug-likeness (QED) is 0.898. The lowest BCUT2D eigenvalue weighted by Crippen LogP contribution is -2.05. The summed E-state index contributed by atoms with van der Waals surface area (Å²) in [6.07, 6.45) is 0. The molecule has 6 nitrogen and oxygen atoms in total. The van der Waals surface area contributed by atoms with Crippen molar-refractivity contribution in [3.63, 3.8) is 0 Å². The molecular formula is C15H14N4O2. The second-order valence-corrected chi connectivity index (χ2v) is 4.71. The zero-order valence-corrected chi connectivity index (χ0v) is 11.9. The van der Waals surface area contributed by atoms with Crippen molar-refractivity contribution >= 4 is 17.5 Å². The van der Waals surface area contributed by atoms with Crippen LogP contribution in [0.3, 0.4) is 0 Å². The van der Waals surface area contributed by atoms with Crippen molar-refractivity contribution in [2.75, 3.05) is 5.32 Å². The summed E-state index contributed by atoms with van der Waals surface area (Å²) in [6, 6.07) is 7.04. The van der Waals surface area contributed by atoms with Crippen LogP contribution in [0.1, 0.15) is 32.7 Å². The molecule has 21 heavy (non-hydrogen) atoms.